The molecule has 0 spiro atoms. The van der Waals surface area contributed by atoms with Crippen molar-refractivity contribution < 1.29 is 17.9 Å². The van der Waals surface area contributed by atoms with Gasteiger partial charge < -0.3 is 4.74 Å². The molecule has 0 radical (unpaired) electrons. The Hall–Kier alpha value is -1.75. The predicted molar refractivity (Wildman–Crippen MR) is 104 cm³/mol. The van der Waals surface area contributed by atoms with Crippen LogP contribution >= 0.6 is 34.7 Å². The molecule has 0 amide bonds. The SMILES string of the molecule is CO[C@@H]1CSc2c(-c3cc(Cl)cs3)c(C(F)(F)F)cc3c(=O)[nH]c(=O)n(c23)C1. The largest absolute Gasteiger partial charge is 0.417 e. The number of methoxy groups -OCH3 is 1. The monoisotopic (exact) mass is 448 g/mol. The average Bonchev–Trinajstić information content (AvgIpc) is 2.94. The van der Waals surface area contributed by atoms with Crippen molar-refractivity contribution in [1.29, 1.82) is 0 Å². The maximum absolute atomic E-state index is 13.9. The zero-order valence-electron chi connectivity index (χ0n) is 14.2. The van der Waals surface area contributed by atoms with Gasteiger partial charge in [0.1, 0.15) is 0 Å². The Morgan fingerprint density at radius 1 is 1.32 bits per heavy atom. The van der Waals surface area contributed by atoms with Crippen LogP contribution in [-0.4, -0.2) is 28.5 Å². The summed E-state index contributed by atoms with van der Waals surface area (Å²) in [6.07, 6.45) is -5.10. The van der Waals surface area contributed by atoms with E-state index in [1.165, 1.54) is 23.1 Å². The van der Waals surface area contributed by atoms with Gasteiger partial charge in [0.15, 0.2) is 0 Å². The molecule has 0 saturated carbocycles. The molecule has 4 rings (SSSR count). The number of alkyl halides is 3. The van der Waals surface area contributed by atoms with Crippen molar-refractivity contribution in [2.75, 3.05) is 12.9 Å². The van der Waals surface area contributed by atoms with Crippen LogP contribution in [0, 0.1) is 0 Å². The lowest BCUT2D eigenvalue weighted by molar-refractivity contribution is -0.137. The molecule has 0 unspecified atom stereocenters. The van der Waals surface area contributed by atoms with Gasteiger partial charge in [-0.1, -0.05) is 11.6 Å². The number of nitrogens with zero attached hydrogens (tertiary/aromatic N) is 1. The fourth-order valence-corrected chi connectivity index (χ4v) is 5.74. The standard InChI is InChI=1S/C17H12ClF3N2O3S2/c1-26-8-4-23-13-9(15(24)22-16(23)25)3-10(17(19,20)21)12(14(13)28-6-8)11-2-7(18)5-27-11/h2-3,5,8H,4,6H2,1H3,(H,22,24,25)/t8-/m0/s1. The third kappa shape index (κ3) is 3.18. The number of benzene rings is 1. The van der Waals surface area contributed by atoms with Crippen LogP contribution in [0.4, 0.5) is 13.2 Å². The summed E-state index contributed by atoms with van der Waals surface area (Å²) in [5.41, 5.74) is -2.36. The molecule has 1 aliphatic heterocycles. The first-order valence-electron chi connectivity index (χ1n) is 8.01. The molecule has 0 bridgehead atoms. The van der Waals surface area contributed by atoms with Crippen molar-refractivity contribution in [3.8, 4) is 10.4 Å². The van der Waals surface area contributed by atoms with E-state index in [0.717, 1.165) is 29.2 Å². The fraction of sp³-hybridized carbons (Fsp3) is 0.294. The first-order chi connectivity index (χ1) is 13.2. The van der Waals surface area contributed by atoms with E-state index in [1.807, 2.05) is 0 Å². The van der Waals surface area contributed by atoms with E-state index in [1.54, 1.807) is 0 Å². The van der Waals surface area contributed by atoms with Crippen LogP contribution in [-0.2, 0) is 17.5 Å². The zero-order valence-corrected chi connectivity index (χ0v) is 16.6. The van der Waals surface area contributed by atoms with Crippen LogP contribution in [0.25, 0.3) is 21.3 Å². The summed E-state index contributed by atoms with van der Waals surface area (Å²) in [6, 6.07) is 2.26. The number of H-pyrrole nitrogens is 1. The number of thiophene rings is 1. The number of aromatic amines is 1. The summed E-state index contributed by atoms with van der Waals surface area (Å²) in [5, 5.41) is 1.67. The highest BCUT2D eigenvalue weighted by molar-refractivity contribution is 7.99. The van der Waals surface area contributed by atoms with Crippen LogP contribution < -0.4 is 11.2 Å². The molecular weight excluding hydrogens is 437 g/mol. The van der Waals surface area contributed by atoms with Gasteiger partial charge in [0.05, 0.1) is 34.1 Å². The first-order valence-corrected chi connectivity index (χ1v) is 10.3. The van der Waals surface area contributed by atoms with Crippen molar-refractivity contribution >= 4 is 45.6 Å². The topological polar surface area (TPSA) is 64.1 Å². The molecular formula is C17H12ClF3N2O3S2. The summed E-state index contributed by atoms with van der Waals surface area (Å²) >= 11 is 8.17. The van der Waals surface area contributed by atoms with Crippen molar-refractivity contribution in [2.24, 2.45) is 0 Å². The molecule has 1 atom stereocenters. The number of nitrogens with one attached hydrogen (secondary N) is 1. The molecule has 0 aliphatic carbocycles. The molecule has 28 heavy (non-hydrogen) atoms. The van der Waals surface area contributed by atoms with E-state index < -0.39 is 29.1 Å². The Morgan fingerprint density at radius 3 is 2.68 bits per heavy atom. The molecule has 11 heteroatoms. The van der Waals surface area contributed by atoms with Gasteiger partial charge in [-0.2, -0.15) is 13.2 Å². The van der Waals surface area contributed by atoms with Gasteiger partial charge in [-0.05, 0) is 12.1 Å². The second-order valence-corrected chi connectivity index (χ2v) is 8.57. The fourth-order valence-electron chi connectivity index (χ4n) is 3.22. The van der Waals surface area contributed by atoms with Crippen molar-refractivity contribution in [3.05, 3.63) is 48.9 Å². The quantitative estimate of drug-likeness (QED) is 0.638. The zero-order chi connectivity index (χ0) is 20.2. The summed E-state index contributed by atoms with van der Waals surface area (Å²) < 4.78 is 48.4. The third-order valence-corrected chi connectivity index (χ3v) is 7.01. The van der Waals surface area contributed by atoms with Gasteiger partial charge in [-0.15, -0.1) is 23.1 Å². The van der Waals surface area contributed by atoms with Gasteiger partial charge in [-0.3, -0.25) is 14.3 Å². The van der Waals surface area contributed by atoms with E-state index in [4.69, 9.17) is 16.3 Å². The van der Waals surface area contributed by atoms with Gasteiger partial charge >= 0.3 is 11.9 Å². The number of thioether (sulfide) groups is 1. The second kappa shape index (κ2) is 6.94. The number of hydrogen-bond acceptors (Lipinski definition) is 5. The molecule has 1 aliphatic rings. The Labute approximate surface area is 169 Å². The van der Waals surface area contributed by atoms with Crippen molar-refractivity contribution in [3.63, 3.8) is 0 Å². The lowest BCUT2D eigenvalue weighted by atomic mass is 10.0. The molecule has 0 saturated heterocycles. The maximum Gasteiger partial charge on any atom is 0.417 e. The minimum atomic E-state index is -4.70. The third-order valence-electron chi connectivity index (χ3n) is 4.49. The van der Waals surface area contributed by atoms with E-state index in [9.17, 15) is 22.8 Å². The van der Waals surface area contributed by atoms with Crippen LogP contribution in [0.2, 0.25) is 5.02 Å². The summed E-state index contributed by atoms with van der Waals surface area (Å²) in [6.45, 7) is 0.124. The number of rotatable bonds is 2. The summed E-state index contributed by atoms with van der Waals surface area (Å²) in [4.78, 5) is 27.4. The second-order valence-electron chi connectivity index (χ2n) is 6.19. The minimum Gasteiger partial charge on any atom is -0.379 e. The highest BCUT2D eigenvalue weighted by Gasteiger charge is 2.38. The maximum atomic E-state index is 13.9. The number of ether oxygens (including phenoxy) is 1. The van der Waals surface area contributed by atoms with Crippen molar-refractivity contribution in [2.45, 2.75) is 23.7 Å². The van der Waals surface area contributed by atoms with Gasteiger partial charge in [-0.25, -0.2) is 4.79 Å². The smallest absolute Gasteiger partial charge is 0.379 e. The van der Waals surface area contributed by atoms with E-state index in [0.29, 0.717) is 15.7 Å². The summed E-state index contributed by atoms with van der Waals surface area (Å²) in [5.74, 6) is 0.328. The van der Waals surface area contributed by atoms with Crippen LogP contribution in [0.1, 0.15) is 5.56 Å². The molecule has 148 valence electrons. The Kier molecular flexibility index (Phi) is 4.85. The van der Waals surface area contributed by atoms with E-state index >= 15 is 0 Å². The first kappa shape index (κ1) is 19.6. The number of halogens is 4. The van der Waals surface area contributed by atoms with Crippen LogP contribution in [0.5, 0.6) is 0 Å². The predicted octanol–water partition coefficient (Wildman–Crippen LogP) is 4.21. The van der Waals surface area contributed by atoms with Gasteiger partial charge in [0.2, 0.25) is 0 Å². The van der Waals surface area contributed by atoms with Gasteiger partial charge in [0, 0.05) is 33.6 Å². The van der Waals surface area contributed by atoms with E-state index in [2.05, 4.69) is 4.98 Å². The molecule has 5 nitrogen and oxygen atoms in total. The van der Waals surface area contributed by atoms with Crippen LogP contribution in [0.3, 0.4) is 0 Å². The normalized spacial score (nSPS) is 17.1. The van der Waals surface area contributed by atoms with Gasteiger partial charge in [0.25, 0.3) is 5.56 Å². The van der Waals surface area contributed by atoms with E-state index in [-0.39, 0.29) is 27.9 Å². The highest BCUT2D eigenvalue weighted by Crippen LogP contribution is 2.48. The molecule has 2 aromatic heterocycles. The Bertz CT molecular complexity index is 1200. The number of hydrogen-bond donors (Lipinski definition) is 1. The molecule has 3 aromatic rings. The lowest BCUT2D eigenvalue weighted by Crippen LogP contribution is -2.34. The molecule has 0 fully saturated rings. The summed E-state index contributed by atoms with van der Waals surface area (Å²) in [7, 11) is 1.47. The Balaban J connectivity index is 2.20. The molecule has 3 heterocycles. The molecule has 1 aromatic carbocycles. The highest BCUT2D eigenvalue weighted by atomic mass is 35.5. The average molecular weight is 449 g/mol. The number of aromatic nitrogens is 2. The Morgan fingerprint density at radius 2 is 2.07 bits per heavy atom. The van der Waals surface area contributed by atoms with Crippen molar-refractivity contribution in [1.82, 2.24) is 9.55 Å². The van der Waals surface area contributed by atoms with Crippen LogP contribution in [0.15, 0.2) is 32.0 Å². The minimum absolute atomic E-state index is 0.0718. The lowest BCUT2D eigenvalue weighted by Gasteiger charge is -2.18. The molecule has 1 N–H and O–H groups in total.